The number of hydrogen-bond donors (Lipinski definition) is 1. The van der Waals surface area contributed by atoms with E-state index in [1.165, 1.54) is 11.3 Å². The van der Waals surface area contributed by atoms with Gasteiger partial charge in [0.25, 0.3) is 5.91 Å². The molecule has 0 atom stereocenters. The molecule has 0 spiro atoms. The third-order valence-electron chi connectivity index (χ3n) is 5.26. The molecular weight excluding hydrogens is 396 g/mol. The minimum Gasteiger partial charge on any atom is -0.338 e. The van der Waals surface area contributed by atoms with E-state index in [9.17, 15) is 9.59 Å². The first-order valence-electron chi connectivity index (χ1n) is 9.30. The lowest BCUT2D eigenvalue weighted by atomic mass is 9.93. The van der Waals surface area contributed by atoms with Crippen LogP contribution in [0.3, 0.4) is 0 Å². The van der Waals surface area contributed by atoms with Crippen LogP contribution in [-0.2, 0) is 6.42 Å². The second-order valence-electron chi connectivity index (χ2n) is 7.11. The van der Waals surface area contributed by atoms with Crippen LogP contribution in [0.5, 0.6) is 0 Å². The summed E-state index contributed by atoms with van der Waals surface area (Å²) in [4.78, 5) is 27.5. The zero-order chi connectivity index (χ0) is 19.7. The van der Waals surface area contributed by atoms with Crippen LogP contribution in [0, 0.1) is 12.8 Å². The SMILES string of the molecule is Cc1ccccc1-n1c(CC2CCN(C(=O)c3ccc(Cl)s3)CC2)n[nH]c1=O. The summed E-state index contributed by atoms with van der Waals surface area (Å²) < 4.78 is 2.30. The van der Waals surface area contributed by atoms with E-state index in [1.807, 2.05) is 36.1 Å². The van der Waals surface area contributed by atoms with Crippen molar-refractivity contribution in [1.82, 2.24) is 19.7 Å². The Morgan fingerprint density at radius 2 is 2.00 bits per heavy atom. The molecule has 1 aliphatic heterocycles. The van der Waals surface area contributed by atoms with Gasteiger partial charge in [0, 0.05) is 19.5 Å². The molecule has 8 heteroatoms. The molecule has 0 saturated carbocycles. The molecule has 0 aliphatic carbocycles. The Kier molecular flexibility index (Phi) is 5.37. The fraction of sp³-hybridized carbons (Fsp3) is 0.350. The zero-order valence-corrected chi connectivity index (χ0v) is 17.1. The quantitative estimate of drug-likeness (QED) is 0.705. The summed E-state index contributed by atoms with van der Waals surface area (Å²) in [6.45, 7) is 3.40. The van der Waals surface area contributed by atoms with E-state index >= 15 is 0 Å². The molecular formula is C20H21ClN4O2S. The Balaban J connectivity index is 1.44. The maximum atomic E-state index is 12.6. The number of rotatable bonds is 4. The first-order valence-corrected chi connectivity index (χ1v) is 10.5. The van der Waals surface area contributed by atoms with Crippen molar-refractivity contribution in [3.05, 3.63) is 67.5 Å². The Bertz CT molecular complexity index is 1050. The molecule has 1 amide bonds. The number of benzene rings is 1. The van der Waals surface area contributed by atoms with Crippen molar-refractivity contribution in [2.75, 3.05) is 13.1 Å². The lowest BCUT2D eigenvalue weighted by molar-refractivity contribution is 0.0694. The summed E-state index contributed by atoms with van der Waals surface area (Å²) in [5, 5.41) is 6.85. The number of para-hydroxylation sites is 1. The molecule has 4 rings (SSSR count). The fourth-order valence-corrected chi connectivity index (χ4v) is 4.72. The van der Waals surface area contributed by atoms with Crippen molar-refractivity contribution in [2.45, 2.75) is 26.2 Å². The molecule has 6 nitrogen and oxygen atoms in total. The molecule has 1 N–H and O–H groups in total. The monoisotopic (exact) mass is 416 g/mol. The molecule has 0 unspecified atom stereocenters. The number of carbonyl (C=O) groups is 1. The van der Waals surface area contributed by atoms with Crippen molar-refractivity contribution < 1.29 is 4.79 Å². The Morgan fingerprint density at radius 1 is 1.25 bits per heavy atom. The average molecular weight is 417 g/mol. The lowest BCUT2D eigenvalue weighted by Crippen LogP contribution is -2.38. The van der Waals surface area contributed by atoms with Gasteiger partial charge >= 0.3 is 5.69 Å². The third-order valence-corrected chi connectivity index (χ3v) is 6.47. The molecule has 28 heavy (non-hydrogen) atoms. The van der Waals surface area contributed by atoms with E-state index in [0.29, 0.717) is 34.6 Å². The summed E-state index contributed by atoms with van der Waals surface area (Å²) in [7, 11) is 0. The minimum absolute atomic E-state index is 0.0481. The van der Waals surface area contributed by atoms with Gasteiger partial charge < -0.3 is 4.90 Å². The summed E-state index contributed by atoms with van der Waals surface area (Å²) in [6.07, 6.45) is 2.49. The molecule has 146 valence electrons. The number of halogens is 1. The van der Waals surface area contributed by atoms with Gasteiger partial charge in [-0.3, -0.25) is 4.79 Å². The molecule has 3 heterocycles. The van der Waals surface area contributed by atoms with Gasteiger partial charge in [0.1, 0.15) is 5.82 Å². The van der Waals surface area contributed by atoms with Gasteiger partial charge in [-0.2, -0.15) is 5.10 Å². The number of likely N-dealkylation sites (tertiary alicyclic amines) is 1. The molecule has 1 aromatic carbocycles. The average Bonchev–Trinajstić information content (AvgIpc) is 3.28. The van der Waals surface area contributed by atoms with E-state index < -0.39 is 0 Å². The van der Waals surface area contributed by atoms with Crippen LogP contribution in [0.25, 0.3) is 5.69 Å². The van der Waals surface area contributed by atoms with Gasteiger partial charge in [-0.25, -0.2) is 14.5 Å². The summed E-state index contributed by atoms with van der Waals surface area (Å²) in [5.41, 5.74) is 1.67. The van der Waals surface area contributed by atoms with Crippen LogP contribution in [0.1, 0.15) is 33.9 Å². The van der Waals surface area contributed by atoms with Crippen molar-refractivity contribution in [3.8, 4) is 5.69 Å². The number of aromatic nitrogens is 3. The van der Waals surface area contributed by atoms with Crippen LogP contribution >= 0.6 is 22.9 Å². The number of nitrogens with one attached hydrogen (secondary N) is 1. The van der Waals surface area contributed by atoms with Gasteiger partial charge in [0.2, 0.25) is 0 Å². The number of hydrogen-bond acceptors (Lipinski definition) is 4. The van der Waals surface area contributed by atoms with E-state index in [0.717, 1.165) is 29.9 Å². The normalized spacial score (nSPS) is 15.1. The Hall–Kier alpha value is -2.38. The highest BCUT2D eigenvalue weighted by molar-refractivity contribution is 7.17. The highest BCUT2D eigenvalue weighted by Crippen LogP contribution is 2.26. The van der Waals surface area contributed by atoms with E-state index in [4.69, 9.17) is 11.6 Å². The number of aromatic amines is 1. The number of H-pyrrole nitrogens is 1. The standard InChI is InChI=1S/C20H21ClN4O2S/c1-13-4-2-3-5-15(13)25-18(22-23-20(25)27)12-14-8-10-24(11-9-14)19(26)16-6-7-17(21)28-16/h2-7,14H,8-12H2,1H3,(H,23,27). The van der Waals surface area contributed by atoms with Crippen molar-refractivity contribution >= 4 is 28.8 Å². The van der Waals surface area contributed by atoms with Crippen molar-refractivity contribution in [3.63, 3.8) is 0 Å². The van der Waals surface area contributed by atoms with Gasteiger partial charge in [-0.15, -0.1) is 11.3 Å². The van der Waals surface area contributed by atoms with Crippen molar-refractivity contribution in [2.24, 2.45) is 5.92 Å². The van der Waals surface area contributed by atoms with E-state index in [1.54, 1.807) is 16.7 Å². The van der Waals surface area contributed by atoms with Crippen LogP contribution in [0.4, 0.5) is 0 Å². The molecule has 1 aliphatic rings. The zero-order valence-electron chi connectivity index (χ0n) is 15.5. The molecule has 0 bridgehead atoms. The van der Waals surface area contributed by atoms with E-state index in [2.05, 4.69) is 10.2 Å². The maximum Gasteiger partial charge on any atom is 0.347 e. The van der Waals surface area contributed by atoms with Crippen LogP contribution in [-0.4, -0.2) is 38.7 Å². The first-order chi connectivity index (χ1) is 13.5. The van der Waals surface area contributed by atoms with E-state index in [-0.39, 0.29) is 11.6 Å². The van der Waals surface area contributed by atoms with Gasteiger partial charge in [-0.1, -0.05) is 29.8 Å². The van der Waals surface area contributed by atoms with Crippen LogP contribution < -0.4 is 5.69 Å². The molecule has 1 saturated heterocycles. The minimum atomic E-state index is -0.216. The van der Waals surface area contributed by atoms with Crippen LogP contribution in [0.2, 0.25) is 4.34 Å². The third kappa shape index (κ3) is 3.77. The number of amides is 1. The fourth-order valence-electron chi connectivity index (χ4n) is 3.71. The highest BCUT2D eigenvalue weighted by Gasteiger charge is 2.26. The first kappa shape index (κ1) is 19.0. The summed E-state index contributed by atoms with van der Waals surface area (Å²) in [6, 6.07) is 11.3. The number of carbonyl (C=O) groups excluding carboxylic acids is 1. The summed E-state index contributed by atoms with van der Waals surface area (Å²) >= 11 is 7.26. The highest BCUT2D eigenvalue weighted by atomic mass is 35.5. The number of nitrogens with zero attached hydrogens (tertiary/aromatic N) is 3. The Labute approximate surface area is 171 Å². The van der Waals surface area contributed by atoms with Gasteiger partial charge in [-0.05, 0) is 49.4 Å². The van der Waals surface area contributed by atoms with Crippen LogP contribution in [0.15, 0.2) is 41.2 Å². The number of piperidine rings is 1. The summed E-state index contributed by atoms with van der Waals surface area (Å²) in [5.74, 6) is 1.18. The number of thiophene rings is 1. The Morgan fingerprint density at radius 3 is 2.68 bits per heavy atom. The van der Waals surface area contributed by atoms with Gasteiger partial charge in [0.15, 0.2) is 0 Å². The van der Waals surface area contributed by atoms with Crippen molar-refractivity contribution in [1.29, 1.82) is 0 Å². The maximum absolute atomic E-state index is 12.6. The molecule has 0 radical (unpaired) electrons. The number of aryl methyl sites for hydroxylation is 1. The second kappa shape index (κ2) is 7.93. The second-order valence-corrected chi connectivity index (χ2v) is 8.83. The predicted octanol–water partition coefficient (Wildman–Crippen LogP) is 3.68. The lowest BCUT2D eigenvalue weighted by Gasteiger charge is -2.31. The topological polar surface area (TPSA) is 71.0 Å². The van der Waals surface area contributed by atoms with Gasteiger partial charge in [0.05, 0.1) is 14.9 Å². The largest absolute Gasteiger partial charge is 0.347 e. The smallest absolute Gasteiger partial charge is 0.338 e. The predicted molar refractivity (Wildman–Crippen MR) is 111 cm³/mol. The molecule has 3 aromatic rings. The molecule has 1 fully saturated rings. The molecule has 2 aromatic heterocycles.